The Kier molecular flexibility index (Phi) is 6.28. The van der Waals surface area contributed by atoms with Crippen LogP contribution in [0.5, 0.6) is 0 Å². The van der Waals surface area contributed by atoms with Crippen LogP contribution in [0.25, 0.3) is 11.1 Å². The first-order valence-corrected chi connectivity index (χ1v) is 10.9. The van der Waals surface area contributed by atoms with Crippen LogP contribution in [0, 0.1) is 5.92 Å². The molecule has 1 unspecified atom stereocenters. The third-order valence-corrected chi connectivity index (χ3v) is 6.01. The van der Waals surface area contributed by atoms with E-state index in [2.05, 4.69) is 41.7 Å². The highest BCUT2D eigenvalue weighted by Gasteiger charge is 2.26. The molecule has 4 rings (SSSR count). The van der Waals surface area contributed by atoms with Gasteiger partial charge in [-0.3, -0.25) is 9.59 Å². The van der Waals surface area contributed by atoms with Crippen LogP contribution in [-0.4, -0.2) is 35.8 Å². The van der Waals surface area contributed by atoms with Crippen molar-refractivity contribution in [3.8, 4) is 11.1 Å². The van der Waals surface area contributed by atoms with E-state index in [0.29, 0.717) is 24.8 Å². The molecule has 29 heavy (non-hydrogen) atoms. The first-order chi connectivity index (χ1) is 14.2. The molecule has 0 aromatic heterocycles. The molecule has 1 saturated heterocycles. The van der Waals surface area contributed by atoms with Crippen LogP contribution in [0.3, 0.4) is 0 Å². The molecule has 2 aromatic rings. The highest BCUT2D eigenvalue weighted by molar-refractivity contribution is 5.79. The Morgan fingerprint density at radius 1 is 0.931 bits per heavy atom. The number of carbonyl (C=O) groups is 2. The molecule has 1 aliphatic heterocycles. The SMILES string of the molecule is O=C(CCC1CCCN(C(=O)Cc2ccc(-c3ccccc3)cc2)C1)NC1CC1. The summed E-state index contributed by atoms with van der Waals surface area (Å²) in [6.45, 7) is 1.63. The number of nitrogens with one attached hydrogen (secondary N) is 1. The van der Waals surface area contributed by atoms with E-state index < -0.39 is 0 Å². The molecule has 1 heterocycles. The van der Waals surface area contributed by atoms with E-state index in [0.717, 1.165) is 50.8 Å². The van der Waals surface area contributed by atoms with E-state index in [1.54, 1.807) is 0 Å². The smallest absolute Gasteiger partial charge is 0.226 e. The molecule has 1 N–H and O–H groups in total. The molecular weight excluding hydrogens is 360 g/mol. The molecule has 4 heteroatoms. The second kappa shape index (κ2) is 9.25. The van der Waals surface area contributed by atoms with Crippen molar-refractivity contribution in [3.05, 3.63) is 60.2 Å². The topological polar surface area (TPSA) is 49.4 Å². The van der Waals surface area contributed by atoms with Gasteiger partial charge in [0, 0.05) is 25.6 Å². The van der Waals surface area contributed by atoms with Crippen molar-refractivity contribution in [1.82, 2.24) is 10.2 Å². The number of amides is 2. The zero-order chi connectivity index (χ0) is 20.1. The third-order valence-electron chi connectivity index (χ3n) is 6.01. The van der Waals surface area contributed by atoms with Crippen LogP contribution >= 0.6 is 0 Å². The number of hydrogen-bond acceptors (Lipinski definition) is 2. The van der Waals surface area contributed by atoms with Gasteiger partial charge in [-0.25, -0.2) is 0 Å². The largest absolute Gasteiger partial charge is 0.353 e. The van der Waals surface area contributed by atoms with Crippen LogP contribution < -0.4 is 5.32 Å². The van der Waals surface area contributed by atoms with Gasteiger partial charge in [0.05, 0.1) is 6.42 Å². The summed E-state index contributed by atoms with van der Waals surface area (Å²) in [6, 6.07) is 19.0. The Hall–Kier alpha value is -2.62. The Morgan fingerprint density at radius 2 is 1.66 bits per heavy atom. The number of likely N-dealkylation sites (tertiary alicyclic amines) is 1. The molecule has 152 valence electrons. The van der Waals surface area contributed by atoms with Crippen molar-refractivity contribution in [3.63, 3.8) is 0 Å². The van der Waals surface area contributed by atoms with E-state index in [9.17, 15) is 9.59 Å². The molecule has 2 amide bonds. The maximum Gasteiger partial charge on any atom is 0.226 e. The fourth-order valence-corrected chi connectivity index (χ4v) is 4.12. The lowest BCUT2D eigenvalue weighted by Crippen LogP contribution is -2.41. The monoisotopic (exact) mass is 390 g/mol. The molecule has 0 bridgehead atoms. The van der Waals surface area contributed by atoms with E-state index in [1.165, 1.54) is 11.1 Å². The lowest BCUT2D eigenvalue weighted by atomic mass is 9.92. The van der Waals surface area contributed by atoms with Gasteiger partial charge >= 0.3 is 0 Å². The Morgan fingerprint density at radius 3 is 2.38 bits per heavy atom. The fourth-order valence-electron chi connectivity index (χ4n) is 4.12. The molecule has 2 aromatic carbocycles. The Bertz CT molecular complexity index is 828. The summed E-state index contributed by atoms with van der Waals surface area (Å²) in [7, 11) is 0. The van der Waals surface area contributed by atoms with Gasteiger partial charge in [0.1, 0.15) is 0 Å². The molecule has 0 radical (unpaired) electrons. The van der Waals surface area contributed by atoms with Gasteiger partial charge < -0.3 is 10.2 Å². The van der Waals surface area contributed by atoms with E-state index in [1.807, 2.05) is 23.1 Å². The molecular formula is C25H30N2O2. The van der Waals surface area contributed by atoms with Crippen molar-refractivity contribution < 1.29 is 9.59 Å². The average molecular weight is 391 g/mol. The number of hydrogen-bond donors (Lipinski definition) is 1. The van der Waals surface area contributed by atoms with Gasteiger partial charge in [-0.1, -0.05) is 54.6 Å². The van der Waals surface area contributed by atoms with E-state index in [4.69, 9.17) is 0 Å². The molecule has 1 aliphatic carbocycles. The van der Waals surface area contributed by atoms with Crippen molar-refractivity contribution in [2.45, 2.75) is 51.0 Å². The average Bonchev–Trinajstić information content (AvgIpc) is 3.57. The van der Waals surface area contributed by atoms with Gasteiger partial charge in [-0.15, -0.1) is 0 Å². The summed E-state index contributed by atoms with van der Waals surface area (Å²) in [5.74, 6) is 0.817. The summed E-state index contributed by atoms with van der Waals surface area (Å²) in [5.41, 5.74) is 3.42. The molecule has 1 saturated carbocycles. The van der Waals surface area contributed by atoms with Crippen LogP contribution in [-0.2, 0) is 16.0 Å². The first-order valence-electron chi connectivity index (χ1n) is 10.9. The van der Waals surface area contributed by atoms with Crippen molar-refractivity contribution in [1.29, 1.82) is 0 Å². The van der Waals surface area contributed by atoms with Crippen molar-refractivity contribution >= 4 is 11.8 Å². The van der Waals surface area contributed by atoms with Gasteiger partial charge in [0.2, 0.25) is 11.8 Å². The molecule has 2 aliphatic rings. The van der Waals surface area contributed by atoms with Crippen LogP contribution in [0.4, 0.5) is 0 Å². The number of piperidine rings is 1. The lowest BCUT2D eigenvalue weighted by Gasteiger charge is -2.33. The van der Waals surface area contributed by atoms with Crippen LogP contribution in [0.2, 0.25) is 0 Å². The molecule has 4 nitrogen and oxygen atoms in total. The van der Waals surface area contributed by atoms with Crippen molar-refractivity contribution in [2.75, 3.05) is 13.1 Å². The third kappa shape index (κ3) is 5.69. The zero-order valence-corrected chi connectivity index (χ0v) is 17.0. The zero-order valence-electron chi connectivity index (χ0n) is 17.0. The summed E-state index contributed by atoms with van der Waals surface area (Å²) in [4.78, 5) is 26.7. The highest BCUT2D eigenvalue weighted by Crippen LogP contribution is 2.24. The minimum Gasteiger partial charge on any atom is -0.353 e. The van der Waals surface area contributed by atoms with E-state index in [-0.39, 0.29) is 11.8 Å². The predicted molar refractivity (Wildman–Crippen MR) is 115 cm³/mol. The standard InChI is InChI=1S/C25H30N2O2/c28-24(26-23-13-14-23)15-10-20-5-4-16-27(18-20)25(29)17-19-8-11-22(12-9-19)21-6-2-1-3-7-21/h1-3,6-9,11-12,20,23H,4-5,10,13-18H2,(H,26,28). The summed E-state index contributed by atoms with van der Waals surface area (Å²) in [5, 5.41) is 3.06. The normalized spacial score (nSPS) is 19.0. The van der Waals surface area contributed by atoms with Gasteiger partial charge in [-0.05, 0) is 54.7 Å². The summed E-state index contributed by atoms with van der Waals surface area (Å²) < 4.78 is 0. The molecule has 2 fully saturated rings. The minimum atomic E-state index is 0.175. The quantitative estimate of drug-likeness (QED) is 0.770. The Balaban J connectivity index is 1.26. The minimum absolute atomic E-state index is 0.175. The number of nitrogens with zero attached hydrogens (tertiary/aromatic N) is 1. The number of rotatable bonds is 7. The van der Waals surface area contributed by atoms with Gasteiger partial charge in [0.25, 0.3) is 0 Å². The van der Waals surface area contributed by atoms with Crippen molar-refractivity contribution in [2.24, 2.45) is 5.92 Å². The molecule has 1 atom stereocenters. The van der Waals surface area contributed by atoms with Crippen LogP contribution in [0.1, 0.15) is 44.1 Å². The number of benzene rings is 2. The highest BCUT2D eigenvalue weighted by atomic mass is 16.2. The lowest BCUT2D eigenvalue weighted by molar-refractivity contribution is -0.132. The first kappa shape index (κ1) is 19.7. The Labute approximate surface area is 173 Å². The summed E-state index contributed by atoms with van der Waals surface area (Å²) >= 11 is 0. The van der Waals surface area contributed by atoms with Crippen LogP contribution in [0.15, 0.2) is 54.6 Å². The summed E-state index contributed by atoms with van der Waals surface area (Å²) in [6.07, 6.45) is 6.33. The van der Waals surface area contributed by atoms with E-state index >= 15 is 0 Å². The predicted octanol–water partition coefficient (Wildman–Crippen LogP) is 4.19. The second-order valence-corrected chi connectivity index (χ2v) is 8.47. The van der Waals surface area contributed by atoms with Gasteiger partial charge in [-0.2, -0.15) is 0 Å². The maximum absolute atomic E-state index is 12.8. The maximum atomic E-state index is 12.8. The number of carbonyl (C=O) groups excluding carboxylic acids is 2. The second-order valence-electron chi connectivity index (χ2n) is 8.47. The van der Waals surface area contributed by atoms with Gasteiger partial charge in [0.15, 0.2) is 0 Å². The molecule has 0 spiro atoms. The fraction of sp³-hybridized carbons (Fsp3) is 0.440.